The second kappa shape index (κ2) is 10.3. The molecule has 1 heterocycles. The van der Waals surface area contributed by atoms with E-state index in [0.717, 1.165) is 55.1 Å². The number of carbonyl (C=O) groups excluding carboxylic acids is 1. The summed E-state index contributed by atoms with van der Waals surface area (Å²) >= 11 is 0. The summed E-state index contributed by atoms with van der Waals surface area (Å²) in [5.74, 6) is -0.255. The van der Waals surface area contributed by atoms with Crippen molar-refractivity contribution < 1.29 is 13.9 Å². The molecular formula is C26H27FN2O2. The van der Waals surface area contributed by atoms with Gasteiger partial charge in [-0.3, -0.25) is 9.69 Å². The van der Waals surface area contributed by atoms with Gasteiger partial charge in [-0.25, -0.2) is 4.39 Å². The summed E-state index contributed by atoms with van der Waals surface area (Å²) in [5.41, 5.74) is 4.32. The molecule has 4 rings (SSSR count). The number of rotatable bonds is 7. The molecule has 1 aliphatic heterocycles. The Morgan fingerprint density at radius 1 is 0.903 bits per heavy atom. The first kappa shape index (κ1) is 21.2. The van der Waals surface area contributed by atoms with Crippen LogP contribution in [-0.4, -0.2) is 37.1 Å². The summed E-state index contributed by atoms with van der Waals surface area (Å²) in [6.07, 6.45) is 0.300. The lowest BCUT2D eigenvalue weighted by molar-refractivity contribution is -0.120. The van der Waals surface area contributed by atoms with E-state index in [4.69, 9.17) is 4.74 Å². The molecule has 0 unspecified atom stereocenters. The van der Waals surface area contributed by atoms with Crippen LogP contribution < -0.4 is 5.32 Å². The molecule has 0 saturated carbocycles. The summed E-state index contributed by atoms with van der Waals surface area (Å²) in [5, 5.41) is 2.93. The first-order chi connectivity index (χ1) is 15.2. The molecule has 3 aromatic rings. The lowest BCUT2D eigenvalue weighted by atomic mass is 10.0. The highest BCUT2D eigenvalue weighted by Crippen LogP contribution is 2.25. The zero-order valence-corrected chi connectivity index (χ0v) is 17.5. The van der Waals surface area contributed by atoms with E-state index in [1.165, 1.54) is 0 Å². The Labute approximate surface area is 182 Å². The van der Waals surface area contributed by atoms with Crippen LogP contribution in [0.3, 0.4) is 0 Å². The van der Waals surface area contributed by atoms with Crippen molar-refractivity contribution in [2.75, 3.05) is 26.3 Å². The number of benzene rings is 3. The third-order valence-electron chi connectivity index (χ3n) is 5.51. The highest BCUT2D eigenvalue weighted by atomic mass is 19.1. The van der Waals surface area contributed by atoms with Gasteiger partial charge in [0.15, 0.2) is 0 Å². The topological polar surface area (TPSA) is 41.6 Å². The average Bonchev–Trinajstić information content (AvgIpc) is 2.80. The monoisotopic (exact) mass is 418 g/mol. The quantitative estimate of drug-likeness (QED) is 0.626. The van der Waals surface area contributed by atoms with Crippen LogP contribution in [0.1, 0.15) is 16.7 Å². The standard InChI is InChI=1S/C26H27FN2O2/c27-25-16-22(19-29-12-14-31-15-13-29)8-11-24(25)23-9-6-20(7-10-23)17-26(30)28-18-21-4-2-1-3-5-21/h1-11,16H,12-15,17-19H2,(H,28,30). The maximum Gasteiger partial charge on any atom is 0.224 e. The summed E-state index contributed by atoms with van der Waals surface area (Å²) in [4.78, 5) is 14.5. The van der Waals surface area contributed by atoms with E-state index in [2.05, 4.69) is 10.2 Å². The fourth-order valence-electron chi connectivity index (χ4n) is 3.76. The molecular weight excluding hydrogens is 391 g/mol. The van der Waals surface area contributed by atoms with Crippen molar-refractivity contribution in [3.63, 3.8) is 0 Å². The summed E-state index contributed by atoms with van der Waals surface area (Å²) in [6, 6.07) is 22.8. The molecule has 0 aromatic heterocycles. The molecule has 160 valence electrons. The van der Waals surface area contributed by atoms with Gasteiger partial charge in [-0.1, -0.05) is 66.7 Å². The number of nitrogens with one attached hydrogen (secondary N) is 1. The number of amides is 1. The van der Waals surface area contributed by atoms with E-state index < -0.39 is 0 Å². The van der Waals surface area contributed by atoms with Crippen LogP contribution in [-0.2, 0) is 29.0 Å². The molecule has 1 N–H and O–H groups in total. The highest BCUT2D eigenvalue weighted by molar-refractivity contribution is 5.78. The van der Waals surface area contributed by atoms with Crippen molar-refractivity contribution in [3.8, 4) is 11.1 Å². The van der Waals surface area contributed by atoms with Crippen LogP contribution in [0.15, 0.2) is 72.8 Å². The van der Waals surface area contributed by atoms with Crippen LogP contribution in [0, 0.1) is 5.82 Å². The number of halogens is 1. The van der Waals surface area contributed by atoms with Crippen LogP contribution in [0.4, 0.5) is 4.39 Å². The van der Waals surface area contributed by atoms with Gasteiger partial charge in [0.2, 0.25) is 5.91 Å². The maximum absolute atomic E-state index is 14.8. The second-order valence-corrected chi connectivity index (χ2v) is 7.84. The van der Waals surface area contributed by atoms with Crippen molar-refractivity contribution in [3.05, 3.63) is 95.3 Å². The number of hydrogen-bond acceptors (Lipinski definition) is 3. The van der Waals surface area contributed by atoms with Gasteiger partial charge in [0, 0.05) is 31.7 Å². The average molecular weight is 419 g/mol. The van der Waals surface area contributed by atoms with Gasteiger partial charge < -0.3 is 10.1 Å². The molecule has 0 spiro atoms. The van der Waals surface area contributed by atoms with E-state index in [1.54, 1.807) is 6.07 Å². The smallest absolute Gasteiger partial charge is 0.224 e. The third kappa shape index (κ3) is 6.00. The van der Waals surface area contributed by atoms with Gasteiger partial charge in [0.1, 0.15) is 5.82 Å². The number of nitrogens with zero attached hydrogens (tertiary/aromatic N) is 1. The minimum Gasteiger partial charge on any atom is -0.379 e. The van der Waals surface area contributed by atoms with Gasteiger partial charge in [-0.05, 0) is 28.3 Å². The SMILES string of the molecule is O=C(Cc1ccc(-c2ccc(CN3CCOCC3)cc2F)cc1)NCc1ccccc1. The molecule has 5 heteroatoms. The summed E-state index contributed by atoms with van der Waals surface area (Å²) in [6.45, 7) is 4.47. The Morgan fingerprint density at radius 2 is 1.61 bits per heavy atom. The van der Waals surface area contributed by atoms with Crippen molar-refractivity contribution in [1.82, 2.24) is 10.2 Å². The minimum absolute atomic E-state index is 0.0322. The Balaban J connectivity index is 1.34. The van der Waals surface area contributed by atoms with Gasteiger partial charge >= 0.3 is 0 Å². The van der Waals surface area contributed by atoms with E-state index in [0.29, 0.717) is 18.5 Å². The van der Waals surface area contributed by atoms with E-state index >= 15 is 0 Å². The third-order valence-corrected chi connectivity index (χ3v) is 5.51. The molecule has 0 aliphatic carbocycles. The van der Waals surface area contributed by atoms with E-state index in [9.17, 15) is 9.18 Å². The van der Waals surface area contributed by atoms with Gasteiger partial charge in [-0.15, -0.1) is 0 Å². The van der Waals surface area contributed by atoms with Gasteiger partial charge in [-0.2, -0.15) is 0 Å². The van der Waals surface area contributed by atoms with Crippen molar-refractivity contribution in [1.29, 1.82) is 0 Å². The van der Waals surface area contributed by atoms with Gasteiger partial charge in [0.25, 0.3) is 0 Å². The van der Waals surface area contributed by atoms with Crippen LogP contribution in [0.5, 0.6) is 0 Å². The molecule has 1 fully saturated rings. The highest BCUT2D eigenvalue weighted by Gasteiger charge is 2.13. The predicted octanol–water partition coefficient (Wildman–Crippen LogP) is 4.18. The van der Waals surface area contributed by atoms with E-state index in [1.807, 2.05) is 66.7 Å². The fourth-order valence-corrected chi connectivity index (χ4v) is 3.76. The van der Waals surface area contributed by atoms with Crippen LogP contribution >= 0.6 is 0 Å². The van der Waals surface area contributed by atoms with Crippen LogP contribution in [0.25, 0.3) is 11.1 Å². The molecule has 0 atom stereocenters. The predicted molar refractivity (Wildman–Crippen MR) is 120 cm³/mol. The summed E-state index contributed by atoms with van der Waals surface area (Å²) in [7, 11) is 0. The first-order valence-corrected chi connectivity index (χ1v) is 10.7. The van der Waals surface area contributed by atoms with Crippen molar-refractivity contribution in [2.45, 2.75) is 19.5 Å². The number of hydrogen-bond donors (Lipinski definition) is 1. The van der Waals surface area contributed by atoms with Crippen molar-refractivity contribution in [2.24, 2.45) is 0 Å². The zero-order chi connectivity index (χ0) is 21.5. The molecule has 0 radical (unpaired) electrons. The zero-order valence-electron chi connectivity index (χ0n) is 17.5. The molecule has 1 saturated heterocycles. The molecule has 1 amide bonds. The molecule has 4 nitrogen and oxygen atoms in total. The molecule has 3 aromatic carbocycles. The van der Waals surface area contributed by atoms with Gasteiger partial charge in [0.05, 0.1) is 19.6 Å². The molecule has 0 bridgehead atoms. The Morgan fingerprint density at radius 3 is 2.32 bits per heavy atom. The molecule has 31 heavy (non-hydrogen) atoms. The van der Waals surface area contributed by atoms with Crippen LogP contribution in [0.2, 0.25) is 0 Å². The maximum atomic E-state index is 14.8. The Kier molecular flexibility index (Phi) is 7.07. The normalized spacial score (nSPS) is 14.4. The minimum atomic E-state index is -0.223. The second-order valence-electron chi connectivity index (χ2n) is 7.84. The number of carbonyl (C=O) groups is 1. The number of ether oxygens (including phenoxy) is 1. The first-order valence-electron chi connectivity index (χ1n) is 10.7. The largest absolute Gasteiger partial charge is 0.379 e. The fraction of sp³-hybridized carbons (Fsp3) is 0.269. The Hall–Kier alpha value is -3.02. The lowest BCUT2D eigenvalue weighted by Gasteiger charge is -2.26. The lowest BCUT2D eigenvalue weighted by Crippen LogP contribution is -2.35. The Bertz CT molecular complexity index is 1000. The van der Waals surface area contributed by atoms with Crippen molar-refractivity contribution >= 4 is 5.91 Å². The van der Waals surface area contributed by atoms with E-state index in [-0.39, 0.29) is 11.7 Å². The number of morpholine rings is 1. The molecule has 1 aliphatic rings. The summed E-state index contributed by atoms with van der Waals surface area (Å²) < 4.78 is 20.1.